The van der Waals surface area contributed by atoms with Crippen molar-refractivity contribution < 1.29 is 24.6 Å². The van der Waals surface area contributed by atoms with Gasteiger partial charge in [-0.1, -0.05) is 24.3 Å². The molecule has 0 bridgehead atoms. The fourth-order valence-electron chi connectivity index (χ4n) is 2.78. The van der Waals surface area contributed by atoms with Crippen LogP contribution in [0.5, 0.6) is 0 Å². The van der Waals surface area contributed by atoms with Crippen molar-refractivity contribution in [2.75, 3.05) is 6.54 Å². The average Bonchev–Trinajstić information content (AvgIpc) is 2.48. The largest absolute Gasteiger partial charge is 0.481 e. The zero-order chi connectivity index (χ0) is 16.3. The Kier molecular flexibility index (Phi) is 4.80. The monoisotopic (exact) mass is 305 g/mol. The second-order valence-electron chi connectivity index (χ2n) is 5.62. The first-order valence-electron chi connectivity index (χ1n) is 7.19. The summed E-state index contributed by atoms with van der Waals surface area (Å²) in [4.78, 5) is 36.1. The van der Waals surface area contributed by atoms with E-state index in [2.05, 4.69) is 0 Å². The molecule has 1 amide bonds. The van der Waals surface area contributed by atoms with Crippen LogP contribution in [0.1, 0.15) is 24.0 Å². The number of aryl methyl sites for hydroxylation is 1. The number of aliphatic carboxylic acids is 2. The van der Waals surface area contributed by atoms with Gasteiger partial charge in [0.25, 0.3) is 0 Å². The second kappa shape index (κ2) is 6.60. The van der Waals surface area contributed by atoms with Crippen LogP contribution in [0.4, 0.5) is 0 Å². The van der Waals surface area contributed by atoms with Crippen molar-refractivity contribution in [3.05, 3.63) is 35.4 Å². The number of nitrogens with zero attached hydrogens (tertiary/aromatic N) is 1. The van der Waals surface area contributed by atoms with E-state index in [4.69, 9.17) is 5.11 Å². The van der Waals surface area contributed by atoms with Crippen molar-refractivity contribution in [2.45, 2.75) is 32.2 Å². The van der Waals surface area contributed by atoms with Crippen LogP contribution in [-0.2, 0) is 20.8 Å². The number of piperidine rings is 1. The second-order valence-corrected chi connectivity index (χ2v) is 5.62. The van der Waals surface area contributed by atoms with Crippen LogP contribution in [0.3, 0.4) is 0 Å². The molecule has 1 saturated heterocycles. The number of hydrogen-bond acceptors (Lipinski definition) is 3. The van der Waals surface area contributed by atoms with E-state index < -0.39 is 23.9 Å². The number of carbonyl (C=O) groups excluding carboxylic acids is 1. The van der Waals surface area contributed by atoms with Gasteiger partial charge in [-0.2, -0.15) is 0 Å². The first kappa shape index (κ1) is 16.0. The highest BCUT2D eigenvalue weighted by Crippen LogP contribution is 2.24. The first-order valence-corrected chi connectivity index (χ1v) is 7.19. The lowest BCUT2D eigenvalue weighted by molar-refractivity contribution is -0.157. The number of hydrogen-bond donors (Lipinski definition) is 2. The van der Waals surface area contributed by atoms with Crippen molar-refractivity contribution in [2.24, 2.45) is 5.92 Å². The smallest absolute Gasteiger partial charge is 0.326 e. The summed E-state index contributed by atoms with van der Waals surface area (Å²) in [5.74, 6) is -3.11. The molecule has 22 heavy (non-hydrogen) atoms. The Bertz CT molecular complexity index is 598. The van der Waals surface area contributed by atoms with Gasteiger partial charge in [0, 0.05) is 6.54 Å². The van der Waals surface area contributed by atoms with Gasteiger partial charge in [0.15, 0.2) is 0 Å². The summed E-state index contributed by atoms with van der Waals surface area (Å²) in [6.45, 7) is 1.84. The van der Waals surface area contributed by atoms with Gasteiger partial charge >= 0.3 is 11.9 Å². The van der Waals surface area contributed by atoms with Gasteiger partial charge < -0.3 is 15.1 Å². The molecule has 0 saturated carbocycles. The van der Waals surface area contributed by atoms with E-state index in [0.717, 1.165) is 11.1 Å². The van der Waals surface area contributed by atoms with Crippen molar-refractivity contribution in [1.82, 2.24) is 4.90 Å². The highest BCUT2D eigenvalue weighted by Gasteiger charge is 2.38. The third-order valence-corrected chi connectivity index (χ3v) is 4.14. The summed E-state index contributed by atoms with van der Waals surface area (Å²) < 4.78 is 0. The van der Waals surface area contributed by atoms with Gasteiger partial charge in [-0.25, -0.2) is 4.79 Å². The van der Waals surface area contributed by atoms with Crippen LogP contribution >= 0.6 is 0 Å². The summed E-state index contributed by atoms with van der Waals surface area (Å²) in [5.41, 5.74) is 1.78. The minimum atomic E-state index is -1.08. The minimum Gasteiger partial charge on any atom is -0.481 e. The van der Waals surface area contributed by atoms with Crippen LogP contribution in [0.25, 0.3) is 0 Å². The zero-order valence-electron chi connectivity index (χ0n) is 12.4. The van der Waals surface area contributed by atoms with Gasteiger partial charge in [-0.3, -0.25) is 9.59 Å². The number of carbonyl (C=O) groups is 3. The van der Waals surface area contributed by atoms with Crippen LogP contribution in [-0.4, -0.2) is 45.5 Å². The summed E-state index contributed by atoms with van der Waals surface area (Å²) in [6, 6.07) is 6.45. The van der Waals surface area contributed by atoms with E-state index in [0.29, 0.717) is 0 Å². The summed E-state index contributed by atoms with van der Waals surface area (Å²) >= 11 is 0. The Morgan fingerprint density at radius 2 is 1.82 bits per heavy atom. The van der Waals surface area contributed by atoms with E-state index >= 15 is 0 Å². The number of likely N-dealkylation sites (tertiary alicyclic amines) is 1. The SMILES string of the molecule is Cc1ccccc1CC(=O)N1C[C@H](C(=O)O)CC[C@H]1C(=O)O. The standard InChI is InChI=1S/C16H19NO5/c1-10-4-2-3-5-11(10)8-14(18)17-9-12(15(19)20)6-7-13(17)16(21)22/h2-5,12-13H,6-9H2,1H3,(H,19,20)(H,21,22)/t12-,13+/m1/s1. The summed E-state index contributed by atoms with van der Waals surface area (Å²) in [6.07, 6.45) is 0.537. The molecule has 6 heteroatoms. The zero-order valence-corrected chi connectivity index (χ0v) is 12.4. The lowest BCUT2D eigenvalue weighted by Crippen LogP contribution is -2.52. The van der Waals surface area contributed by atoms with Crippen molar-refractivity contribution in [3.8, 4) is 0 Å². The number of carboxylic acid groups (broad SMARTS) is 2. The number of benzene rings is 1. The Hall–Kier alpha value is -2.37. The molecule has 1 aliphatic rings. The molecular formula is C16H19NO5. The molecule has 1 aromatic rings. The molecule has 1 heterocycles. The van der Waals surface area contributed by atoms with Gasteiger partial charge in [0.05, 0.1) is 12.3 Å². The predicted molar refractivity (Wildman–Crippen MR) is 78.4 cm³/mol. The summed E-state index contributed by atoms with van der Waals surface area (Å²) in [7, 11) is 0. The van der Waals surface area contributed by atoms with Crippen molar-refractivity contribution in [3.63, 3.8) is 0 Å². The van der Waals surface area contributed by atoms with Crippen LogP contribution in [0.2, 0.25) is 0 Å². The third-order valence-electron chi connectivity index (χ3n) is 4.14. The first-order chi connectivity index (χ1) is 10.4. The fraction of sp³-hybridized carbons (Fsp3) is 0.438. The highest BCUT2D eigenvalue weighted by atomic mass is 16.4. The molecule has 2 atom stereocenters. The Morgan fingerprint density at radius 1 is 1.14 bits per heavy atom. The lowest BCUT2D eigenvalue weighted by Gasteiger charge is -2.36. The number of amides is 1. The highest BCUT2D eigenvalue weighted by molar-refractivity contribution is 5.86. The van der Waals surface area contributed by atoms with Crippen LogP contribution < -0.4 is 0 Å². The lowest BCUT2D eigenvalue weighted by atomic mass is 9.92. The molecule has 2 rings (SSSR count). The Labute approximate surface area is 128 Å². The fourth-order valence-corrected chi connectivity index (χ4v) is 2.78. The molecule has 6 nitrogen and oxygen atoms in total. The number of rotatable bonds is 4. The van der Waals surface area contributed by atoms with Gasteiger partial charge in [0.1, 0.15) is 6.04 Å². The maximum Gasteiger partial charge on any atom is 0.326 e. The van der Waals surface area contributed by atoms with E-state index in [9.17, 15) is 19.5 Å². The maximum atomic E-state index is 12.5. The molecule has 0 aliphatic carbocycles. The molecule has 1 fully saturated rings. The van der Waals surface area contributed by atoms with E-state index in [-0.39, 0.29) is 31.7 Å². The number of carboxylic acids is 2. The van der Waals surface area contributed by atoms with Crippen molar-refractivity contribution in [1.29, 1.82) is 0 Å². The van der Waals surface area contributed by atoms with Crippen molar-refractivity contribution >= 4 is 17.8 Å². The maximum absolute atomic E-state index is 12.5. The van der Waals surface area contributed by atoms with E-state index in [1.807, 2.05) is 31.2 Å². The molecule has 118 valence electrons. The van der Waals surface area contributed by atoms with E-state index in [1.165, 1.54) is 4.90 Å². The van der Waals surface area contributed by atoms with Gasteiger partial charge in [0.2, 0.25) is 5.91 Å². The normalized spacial score (nSPS) is 21.4. The van der Waals surface area contributed by atoms with Gasteiger partial charge in [-0.15, -0.1) is 0 Å². The Morgan fingerprint density at radius 3 is 2.41 bits per heavy atom. The molecule has 2 N–H and O–H groups in total. The molecular weight excluding hydrogens is 286 g/mol. The molecule has 0 unspecified atom stereocenters. The molecule has 1 aromatic carbocycles. The van der Waals surface area contributed by atoms with Crippen LogP contribution in [0.15, 0.2) is 24.3 Å². The molecule has 1 aliphatic heterocycles. The third kappa shape index (κ3) is 3.44. The van der Waals surface area contributed by atoms with E-state index in [1.54, 1.807) is 0 Å². The summed E-state index contributed by atoms with van der Waals surface area (Å²) in [5, 5.41) is 18.4. The average molecular weight is 305 g/mol. The topological polar surface area (TPSA) is 94.9 Å². The van der Waals surface area contributed by atoms with Gasteiger partial charge in [-0.05, 0) is 30.9 Å². The van der Waals surface area contributed by atoms with Crippen LogP contribution in [0, 0.1) is 12.8 Å². The predicted octanol–water partition coefficient (Wildman–Crippen LogP) is 1.31. The molecule has 0 spiro atoms. The quantitative estimate of drug-likeness (QED) is 0.874. The molecule has 0 radical (unpaired) electrons. The Balaban J connectivity index is 2.17. The minimum absolute atomic E-state index is 0.0446. The molecule has 0 aromatic heterocycles.